The summed E-state index contributed by atoms with van der Waals surface area (Å²) < 4.78 is 12.5. The maximum atomic E-state index is 13.9. The average molecular weight is 599 g/mol. The molecule has 1 atom stereocenters. The van der Waals surface area contributed by atoms with Crippen molar-refractivity contribution in [1.29, 1.82) is 0 Å². The van der Waals surface area contributed by atoms with Crippen LogP contribution in [0.4, 0.5) is 0 Å². The molecule has 0 radical (unpaired) electrons. The largest absolute Gasteiger partial charge is 0.497 e. The second-order valence-corrected chi connectivity index (χ2v) is 12.1. The van der Waals surface area contributed by atoms with Crippen molar-refractivity contribution in [2.75, 3.05) is 25.7 Å². The third-order valence-corrected chi connectivity index (χ3v) is 9.40. The summed E-state index contributed by atoms with van der Waals surface area (Å²) in [4.78, 5) is 33.1. The first-order valence-electron chi connectivity index (χ1n) is 13.6. The molecule has 1 amide bonds. The van der Waals surface area contributed by atoms with Gasteiger partial charge in [0.15, 0.2) is 5.16 Å². The monoisotopic (exact) mass is 598 g/mol. The van der Waals surface area contributed by atoms with Gasteiger partial charge in [-0.3, -0.25) is 14.2 Å². The fourth-order valence-electron chi connectivity index (χ4n) is 5.15. The molecule has 214 valence electrons. The Hall–Kier alpha value is -4.02. The van der Waals surface area contributed by atoms with Gasteiger partial charge < -0.3 is 9.47 Å². The number of hydrogen-bond donors (Lipinski definition) is 0. The minimum atomic E-state index is -0.239. The van der Waals surface area contributed by atoms with E-state index in [1.54, 1.807) is 23.8 Å². The summed E-state index contributed by atoms with van der Waals surface area (Å²) in [5, 5.41) is 6.88. The van der Waals surface area contributed by atoms with E-state index in [0.29, 0.717) is 27.9 Å². The second kappa shape index (κ2) is 12.1. The number of nitrogens with zero attached hydrogens (tertiary/aromatic N) is 4. The first-order valence-corrected chi connectivity index (χ1v) is 15.6. The highest BCUT2D eigenvalue weighted by Gasteiger charge is 2.33. The molecule has 3 aromatic carbocycles. The number of methoxy groups -OCH3 is 2. The van der Waals surface area contributed by atoms with E-state index in [9.17, 15) is 9.59 Å². The van der Waals surface area contributed by atoms with Gasteiger partial charge in [-0.15, -0.1) is 11.8 Å². The highest BCUT2D eigenvalue weighted by molar-refractivity contribution is 8.00. The summed E-state index contributed by atoms with van der Waals surface area (Å²) in [6, 6.07) is 23.1. The number of rotatable bonds is 8. The minimum Gasteiger partial charge on any atom is -0.497 e. The van der Waals surface area contributed by atoms with Crippen LogP contribution < -0.4 is 15.0 Å². The Bertz CT molecular complexity index is 1720. The molecular formula is C32H30N4O4S2. The summed E-state index contributed by atoms with van der Waals surface area (Å²) in [7, 11) is 3.21. The molecule has 2 aliphatic rings. The number of benzene rings is 3. The molecule has 0 saturated heterocycles. The van der Waals surface area contributed by atoms with Gasteiger partial charge in [0, 0.05) is 18.6 Å². The van der Waals surface area contributed by atoms with Crippen LogP contribution in [-0.4, -0.2) is 51.9 Å². The lowest BCUT2D eigenvalue weighted by atomic mass is 9.97. The van der Waals surface area contributed by atoms with Crippen LogP contribution in [0.2, 0.25) is 0 Å². The first-order chi connectivity index (χ1) is 20.5. The van der Waals surface area contributed by atoms with E-state index >= 15 is 0 Å². The van der Waals surface area contributed by atoms with Crippen LogP contribution in [0.1, 0.15) is 34.8 Å². The number of ether oxygens (including phenoxy) is 2. The number of aromatic nitrogens is 2. The van der Waals surface area contributed by atoms with Crippen molar-refractivity contribution >= 4 is 35.1 Å². The lowest BCUT2D eigenvalue weighted by Gasteiger charge is -2.22. The molecule has 3 heterocycles. The molecule has 2 aliphatic heterocycles. The maximum Gasteiger partial charge on any atom is 0.272 e. The van der Waals surface area contributed by atoms with Crippen LogP contribution in [0.15, 0.2) is 92.7 Å². The van der Waals surface area contributed by atoms with Crippen LogP contribution in [-0.2, 0) is 11.2 Å². The van der Waals surface area contributed by atoms with Gasteiger partial charge in [-0.25, -0.2) is 9.99 Å². The van der Waals surface area contributed by atoms with E-state index in [2.05, 4.69) is 24.3 Å². The Morgan fingerprint density at radius 1 is 1.02 bits per heavy atom. The summed E-state index contributed by atoms with van der Waals surface area (Å²) >= 11 is 2.77. The quantitative estimate of drug-likeness (QED) is 0.191. The number of aryl methyl sites for hydroxylation is 2. The van der Waals surface area contributed by atoms with Crippen molar-refractivity contribution < 1.29 is 14.3 Å². The SMILES string of the molecule is COc1ccc(C2=NN(C(=O)CSc3nc4c(c(=O)n3-c3ccccc3OC)SCC4)C(c3ccc(C)cc3)C2)cc1. The molecule has 8 nitrogen and oxygen atoms in total. The van der Waals surface area contributed by atoms with E-state index in [4.69, 9.17) is 19.6 Å². The number of hydrazone groups is 1. The summed E-state index contributed by atoms with van der Waals surface area (Å²) in [5.74, 6) is 2.04. The van der Waals surface area contributed by atoms with E-state index in [1.165, 1.54) is 23.5 Å². The van der Waals surface area contributed by atoms with Crippen LogP contribution in [0.3, 0.4) is 0 Å². The van der Waals surface area contributed by atoms with Gasteiger partial charge in [0.1, 0.15) is 11.5 Å². The third kappa shape index (κ3) is 5.44. The molecule has 10 heteroatoms. The van der Waals surface area contributed by atoms with Crippen LogP contribution in [0.25, 0.3) is 5.69 Å². The van der Waals surface area contributed by atoms with Crippen molar-refractivity contribution in [3.8, 4) is 17.2 Å². The first kappa shape index (κ1) is 28.1. The lowest BCUT2D eigenvalue weighted by Crippen LogP contribution is -2.29. The van der Waals surface area contributed by atoms with Crippen molar-refractivity contribution in [2.24, 2.45) is 5.10 Å². The molecule has 6 rings (SSSR count). The van der Waals surface area contributed by atoms with Gasteiger partial charge in [0.05, 0.1) is 48.0 Å². The zero-order valence-corrected chi connectivity index (χ0v) is 25.2. The number of carbonyl (C=O) groups excluding carboxylic acids is 1. The lowest BCUT2D eigenvalue weighted by molar-refractivity contribution is -0.130. The molecule has 0 bridgehead atoms. The predicted octanol–water partition coefficient (Wildman–Crippen LogP) is 5.68. The van der Waals surface area contributed by atoms with Crippen molar-refractivity contribution in [2.45, 2.75) is 35.9 Å². The van der Waals surface area contributed by atoms with Gasteiger partial charge in [0.2, 0.25) is 0 Å². The van der Waals surface area contributed by atoms with Crippen molar-refractivity contribution in [3.63, 3.8) is 0 Å². The van der Waals surface area contributed by atoms with Crippen LogP contribution >= 0.6 is 23.5 Å². The Balaban J connectivity index is 1.33. The number of thioether (sulfide) groups is 2. The zero-order valence-electron chi connectivity index (χ0n) is 23.6. The van der Waals surface area contributed by atoms with Gasteiger partial charge in [-0.05, 0) is 54.4 Å². The Kier molecular flexibility index (Phi) is 8.08. The number of fused-ring (bicyclic) bond motifs is 1. The molecule has 0 saturated carbocycles. The summed E-state index contributed by atoms with van der Waals surface area (Å²) in [6.07, 6.45) is 1.31. The topological polar surface area (TPSA) is 86.0 Å². The highest BCUT2D eigenvalue weighted by Crippen LogP contribution is 2.36. The second-order valence-electron chi connectivity index (χ2n) is 10.0. The Morgan fingerprint density at radius 2 is 1.79 bits per heavy atom. The maximum absolute atomic E-state index is 13.9. The minimum absolute atomic E-state index is 0.0648. The molecular weight excluding hydrogens is 569 g/mol. The van der Waals surface area contributed by atoms with E-state index in [0.717, 1.165) is 46.0 Å². The predicted molar refractivity (Wildman–Crippen MR) is 166 cm³/mol. The Morgan fingerprint density at radius 3 is 2.52 bits per heavy atom. The molecule has 1 aromatic heterocycles. The molecule has 0 fully saturated rings. The third-order valence-electron chi connectivity index (χ3n) is 7.37. The van der Waals surface area contributed by atoms with E-state index in [1.807, 2.05) is 55.5 Å². The van der Waals surface area contributed by atoms with Crippen molar-refractivity contribution in [1.82, 2.24) is 14.6 Å². The number of amides is 1. The Labute approximate surface area is 252 Å². The van der Waals surface area contributed by atoms with E-state index in [-0.39, 0.29) is 23.3 Å². The molecule has 42 heavy (non-hydrogen) atoms. The highest BCUT2D eigenvalue weighted by atomic mass is 32.2. The van der Waals surface area contributed by atoms with Crippen molar-refractivity contribution in [3.05, 3.63) is 106 Å². The molecule has 0 aliphatic carbocycles. The molecule has 4 aromatic rings. The zero-order chi connectivity index (χ0) is 29.2. The van der Waals surface area contributed by atoms with Gasteiger partial charge in [-0.2, -0.15) is 5.10 Å². The molecule has 1 unspecified atom stereocenters. The summed E-state index contributed by atoms with van der Waals surface area (Å²) in [6.45, 7) is 2.04. The van der Waals surface area contributed by atoms with E-state index < -0.39 is 0 Å². The fraction of sp³-hybridized carbons (Fsp3) is 0.250. The number of hydrogen-bond acceptors (Lipinski definition) is 8. The average Bonchev–Trinajstić information content (AvgIpc) is 3.69. The van der Waals surface area contributed by atoms with Crippen LogP contribution in [0, 0.1) is 6.92 Å². The fourth-order valence-corrected chi connectivity index (χ4v) is 7.05. The number of para-hydroxylation sites is 2. The van der Waals surface area contributed by atoms with Gasteiger partial charge >= 0.3 is 0 Å². The van der Waals surface area contributed by atoms with Gasteiger partial charge in [0.25, 0.3) is 11.5 Å². The van der Waals surface area contributed by atoms with Crippen LogP contribution in [0.5, 0.6) is 11.5 Å². The number of carbonyl (C=O) groups is 1. The molecule has 0 N–H and O–H groups in total. The normalized spacial score (nSPS) is 15.8. The smallest absolute Gasteiger partial charge is 0.272 e. The summed E-state index contributed by atoms with van der Waals surface area (Å²) in [5.41, 5.74) is 5.19. The van der Waals surface area contributed by atoms with Gasteiger partial charge in [-0.1, -0.05) is 53.7 Å². The standard InChI is InChI=1S/C32H30N4O4S2/c1-20-8-10-22(11-9-20)27-18-25(21-12-14-23(39-2)15-13-21)34-36(27)29(37)19-42-32-33-24-16-17-41-30(24)31(38)35(32)26-6-4-5-7-28(26)40-3/h4-15,27H,16-19H2,1-3H3. The molecule has 0 spiro atoms.